The van der Waals surface area contributed by atoms with E-state index >= 15 is 0 Å². The van der Waals surface area contributed by atoms with E-state index < -0.39 is 30.9 Å². The number of anilines is 1. The highest BCUT2D eigenvalue weighted by atomic mass is 19.3. The van der Waals surface area contributed by atoms with Crippen LogP contribution < -0.4 is 11.1 Å². The average Bonchev–Trinajstić information content (AvgIpc) is 2.34. The molecular formula is C12H16F2N2O2. The fourth-order valence-electron chi connectivity index (χ4n) is 1.43. The Morgan fingerprint density at radius 1 is 1.50 bits per heavy atom. The van der Waals surface area contributed by atoms with Crippen LogP contribution in [0, 0.1) is 0 Å². The van der Waals surface area contributed by atoms with Crippen molar-refractivity contribution in [3.8, 4) is 0 Å². The quantitative estimate of drug-likeness (QED) is 0.693. The highest BCUT2D eigenvalue weighted by Gasteiger charge is 2.20. The second-order valence-corrected chi connectivity index (χ2v) is 4.04. The highest BCUT2D eigenvalue weighted by molar-refractivity contribution is 5.83. The molecule has 6 heteroatoms. The number of halogens is 2. The summed E-state index contributed by atoms with van der Waals surface area (Å²) in [6.45, 7) is 1.17. The molecule has 0 radical (unpaired) electrons. The Kier molecular flexibility index (Phi) is 5.03. The van der Waals surface area contributed by atoms with Crippen molar-refractivity contribution in [2.24, 2.45) is 0 Å². The Morgan fingerprint density at radius 2 is 2.17 bits per heavy atom. The molecule has 1 aromatic carbocycles. The first-order valence-electron chi connectivity index (χ1n) is 5.51. The molecule has 2 atom stereocenters. The summed E-state index contributed by atoms with van der Waals surface area (Å²) in [4.78, 5) is 11.7. The van der Waals surface area contributed by atoms with E-state index in [-0.39, 0.29) is 0 Å². The van der Waals surface area contributed by atoms with Gasteiger partial charge in [0.15, 0.2) is 0 Å². The van der Waals surface area contributed by atoms with Gasteiger partial charge in [0.1, 0.15) is 6.10 Å². The number of amides is 1. The van der Waals surface area contributed by atoms with Crippen LogP contribution >= 0.6 is 0 Å². The van der Waals surface area contributed by atoms with E-state index in [2.05, 4.69) is 5.32 Å². The molecule has 4 nitrogen and oxygen atoms in total. The van der Waals surface area contributed by atoms with Crippen LogP contribution in [0.25, 0.3) is 0 Å². The van der Waals surface area contributed by atoms with Gasteiger partial charge in [0.2, 0.25) is 5.91 Å². The lowest BCUT2D eigenvalue weighted by atomic mass is 10.00. The van der Waals surface area contributed by atoms with Gasteiger partial charge >= 0.3 is 0 Å². The molecule has 100 valence electrons. The van der Waals surface area contributed by atoms with Crippen molar-refractivity contribution in [2.45, 2.75) is 25.4 Å². The van der Waals surface area contributed by atoms with Gasteiger partial charge in [-0.05, 0) is 24.6 Å². The first-order valence-corrected chi connectivity index (χ1v) is 5.51. The number of aliphatic hydroxyl groups excluding tert-OH is 1. The van der Waals surface area contributed by atoms with E-state index in [1.165, 1.54) is 0 Å². The third-order valence-electron chi connectivity index (χ3n) is 2.58. The standard InChI is InChI=1S/C12H16F2N2O2/c1-7(8-3-2-4-9(15)5-8)12(18)16-6-10(17)11(13)14/h2-5,7,10-11,17H,6,15H2,1H3,(H,16,18). The second kappa shape index (κ2) is 6.30. The van der Waals surface area contributed by atoms with Crippen molar-refractivity contribution in [1.29, 1.82) is 0 Å². The van der Waals surface area contributed by atoms with Crippen LogP contribution in [0.3, 0.4) is 0 Å². The number of nitrogens with one attached hydrogen (secondary N) is 1. The van der Waals surface area contributed by atoms with E-state index in [1.807, 2.05) is 0 Å². The van der Waals surface area contributed by atoms with Gasteiger partial charge in [0, 0.05) is 12.2 Å². The predicted octanol–water partition coefficient (Wildman–Crippen LogP) is 1.11. The summed E-state index contributed by atoms with van der Waals surface area (Å²) in [5.41, 5.74) is 6.81. The molecule has 0 fully saturated rings. The number of carbonyl (C=O) groups excluding carboxylic acids is 1. The van der Waals surface area contributed by atoms with Gasteiger partial charge < -0.3 is 16.2 Å². The van der Waals surface area contributed by atoms with Crippen molar-refractivity contribution >= 4 is 11.6 Å². The number of alkyl halides is 2. The fraction of sp³-hybridized carbons (Fsp3) is 0.417. The third kappa shape index (κ3) is 3.96. The van der Waals surface area contributed by atoms with Gasteiger partial charge in [-0.25, -0.2) is 8.78 Å². The second-order valence-electron chi connectivity index (χ2n) is 4.04. The number of carbonyl (C=O) groups is 1. The molecule has 1 rings (SSSR count). The van der Waals surface area contributed by atoms with Crippen LogP contribution in [-0.2, 0) is 4.79 Å². The van der Waals surface area contributed by atoms with Gasteiger partial charge in [-0.2, -0.15) is 0 Å². The molecule has 0 aromatic heterocycles. The molecule has 0 spiro atoms. The van der Waals surface area contributed by atoms with E-state index in [9.17, 15) is 13.6 Å². The summed E-state index contributed by atoms with van der Waals surface area (Å²) in [5, 5.41) is 11.2. The molecule has 0 heterocycles. The minimum atomic E-state index is -2.87. The summed E-state index contributed by atoms with van der Waals surface area (Å²) < 4.78 is 24.1. The summed E-state index contributed by atoms with van der Waals surface area (Å²) in [6.07, 6.45) is -4.71. The summed E-state index contributed by atoms with van der Waals surface area (Å²) in [7, 11) is 0. The molecule has 18 heavy (non-hydrogen) atoms. The van der Waals surface area contributed by atoms with Crippen molar-refractivity contribution in [1.82, 2.24) is 5.32 Å². The lowest BCUT2D eigenvalue weighted by Gasteiger charge is -2.15. The molecule has 1 aromatic rings. The Morgan fingerprint density at radius 3 is 2.72 bits per heavy atom. The van der Waals surface area contributed by atoms with E-state index in [4.69, 9.17) is 10.8 Å². The first-order chi connectivity index (χ1) is 8.41. The minimum Gasteiger partial charge on any atom is -0.399 e. The van der Waals surface area contributed by atoms with Crippen LogP contribution in [0.15, 0.2) is 24.3 Å². The Balaban J connectivity index is 2.57. The zero-order valence-corrected chi connectivity index (χ0v) is 9.94. The maximum atomic E-state index is 12.0. The van der Waals surface area contributed by atoms with Crippen molar-refractivity contribution < 1.29 is 18.7 Å². The largest absolute Gasteiger partial charge is 0.399 e. The number of hydrogen-bond donors (Lipinski definition) is 3. The number of nitrogens with two attached hydrogens (primary N) is 1. The number of benzene rings is 1. The third-order valence-corrected chi connectivity index (χ3v) is 2.58. The summed E-state index contributed by atoms with van der Waals surface area (Å²) in [6, 6.07) is 6.77. The lowest BCUT2D eigenvalue weighted by Crippen LogP contribution is -2.37. The molecule has 0 aliphatic heterocycles. The molecule has 1 amide bonds. The topological polar surface area (TPSA) is 75.3 Å². The fourth-order valence-corrected chi connectivity index (χ4v) is 1.43. The molecule has 0 saturated carbocycles. The van der Waals surface area contributed by atoms with Crippen molar-refractivity contribution in [3.05, 3.63) is 29.8 Å². The molecular weight excluding hydrogens is 242 g/mol. The summed E-state index contributed by atoms with van der Waals surface area (Å²) >= 11 is 0. The molecule has 2 unspecified atom stereocenters. The van der Waals surface area contributed by atoms with Crippen LogP contribution in [0.4, 0.5) is 14.5 Å². The van der Waals surface area contributed by atoms with Crippen LogP contribution in [0.1, 0.15) is 18.4 Å². The van der Waals surface area contributed by atoms with Crippen molar-refractivity contribution in [2.75, 3.05) is 12.3 Å². The monoisotopic (exact) mass is 258 g/mol. The number of hydrogen-bond acceptors (Lipinski definition) is 3. The first kappa shape index (κ1) is 14.4. The van der Waals surface area contributed by atoms with E-state index in [0.29, 0.717) is 11.3 Å². The molecule has 4 N–H and O–H groups in total. The molecule has 0 aliphatic rings. The molecule has 0 aliphatic carbocycles. The zero-order valence-electron chi connectivity index (χ0n) is 9.94. The zero-order chi connectivity index (χ0) is 13.7. The normalized spacial score (nSPS) is 14.3. The minimum absolute atomic E-state index is 0.430. The Labute approximate surface area is 104 Å². The molecule has 0 saturated heterocycles. The average molecular weight is 258 g/mol. The van der Waals surface area contributed by atoms with Gasteiger partial charge in [0.05, 0.1) is 5.92 Å². The van der Waals surface area contributed by atoms with Crippen LogP contribution in [-0.4, -0.2) is 30.1 Å². The Hall–Kier alpha value is -1.69. The van der Waals surface area contributed by atoms with Crippen LogP contribution in [0.2, 0.25) is 0 Å². The SMILES string of the molecule is CC(C(=O)NCC(O)C(F)F)c1cccc(N)c1. The molecule has 0 bridgehead atoms. The van der Waals surface area contributed by atoms with Gasteiger partial charge in [-0.3, -0.25) is 4.79 Å². The summed E-state index contributed by atoms with van der Waals surface area (Å²) in [5.74, 6) is -0.946. The number of aliphatic hydroxyl groups is 1. The van der Waals surface area contributed by atoms with E-state index in [1.54, 1.807) is 31.2 Å². The van der Waals surface area contributed by atoms with Gasteiger partial charge in [0.25, 0.3) is 6.43 Å². The van der Waals surface area contributed by atoms with E-state index in [0.717, 1.165) is 0 Å². The van der Waals surface area contributed by atoms with Crippen molar-refractivity contribution in [3.63, 3.8) is 0 Å². The Bertz CT molecular complexity index is 413. The van der Waals surface area contributed by atoms with Gasteiger partial charge in [-0.1, -0.05) is 12.1 Å². The smallest absolute Gasteiger partial charge is 0.265 e. The van der Waals surface area contributed by atoms with Crippen LogP contribution in [0.5, 0.6) is 0 Å². The maximum Gasteiger partial charge on any atom is 0.265 e. The van der Waals surface area contributed by atoms with Gasteiger partial charge in [-0.15, -0.1) is 0 Å². The lowest BCUT2D eigenvalue weighted by molar-refractivity contribution is -0.123. The number of nitrogen functional groups attached to an aromatic ring is 1. The predicted molar refractivity (Wildman–Crippen MR) is 64.3 cm³/mol. The number of rotatable bonds is 5. The maximum absolute atomic E-state index is 12.0. The highest BCUT2D eigenvalue weighted by Crippen LogP contribution is 2.17.